The van der Waals surface area contributed by atoms with Gasteiger partial charge in [-0.3, -0.25) is 15.2 Å². The number of hydrogen-bond acceptors (Lipinski definition) is 7. The van der Waals surface area contributed by atoms with Crippen LogP contribution in [0.5, 0.6) is 5.88 Å². The Morgan fingerprint density at radius 3 is 2.71 bits per heavy atom. The number of fused-ring (bicyclic) bond motifs is 1. The molecule has 0 aromatic carbocycles. The number of ether oxygens (including phenoxy) is 1. The topological polar surface area (TPSA) is 144 Å². The summed E-state index contributed by atoms with van der Waals surface area (Å²) < 4.78 is 10.8. The summed E-state index contributed by atoms with van der Waals surface area (Å²) in [6, 6.07) is 4.71. The Balaban J connectivity index is 2.24. The minimum Gasteiger partial charge on any atom is -0.420 e. The van der Waals surface area contributed by atoms with Crippen molar-refractivity contribution in [1.82, 2.24) is 10.2 Å². The maximum Gasteiger partial charge on any atom is 0.433 e. The van der Waals surface area contributed by atoms with E-state index in [4.69, 9.17) is 14.9 Å². The molecule has 3 N–H and O–H groups in total. The fourth-order valence-electron chi connectivity index (χ4n) is 2.70. The maximum atomic E-state index is 10.9. The largest absolute Gasteiger partial charge is 0.433 e. The molecule has 0 saturated carbocycles. The van der Waals surface area contributed by atoms with Gasteiger partial charge < -0.3 is 14.9 Å². The lowest BCUT2D eigenvalue weighted by atomic mass is 9.81. The first-order valence-corrected chi connectivity index (χ1v) is 7.14. The number of nitro groups is 1. The van der Waals surface area contributed by atoms with Crippen LogP contribution in [-0.4, -0.2) is 15.1 Å². The summed E-state index contributed by atoms with van der Waals surface area (Å²) in [6.45, 7) is 5.91. The Morgan fingerprint density at radius 1 is 1.46 bits per heavy atom. The number of H-pyrrole nitrogens is 1. The molecule has 0 spiro atoms. The molecule has 3 rings (SSSR count). The second kappa shape index (κ2) is 5.13. The Hall–Kier alpha value is -3.28. The van der Waals surface area contributed by atoms with E-state index in [0.29, 0.717) is 5.56 Å². The zero-order chi connectivity index (χ0) is 17.6. The number of aromatic amines is 1. The summed E-state index contributed by atoms with van der Waals surface area (Å²) in [4.78, 5) is 10.3. The molecule has 0 fully saturated rings. The van der Waals surface area contributed by atoms with Gasteiger partial charge in [0.05, 0.1) is 17.5 Å². The minimum absolute atomic E-state index is 0.0963. The fourth-order valence-corrected chi connectivity index (χ4v) is 2.70. The highest BCUT2D eigenvalue weighted by molar-refractivity contribution is 5.54. The number of hydrogen-bond donors (Lipinski definition) is 2. The monoisotopic (exact) mass is 329 g/mol. The van der Waals surface area contributed by atoms with Gasteiger partial charge >= 0.3 is 5.88 Å². The molecule has 9 heteroatoms. The summed E-state index contributed by atoms with van der Waals surface area (Å²) in [5, 5.41) is 27.4. The third kappa shape index (κ3) is 2.28. The van der Waals surface area contributed by atoms with E-state index in [1.807, 2.05) is 26.8 Å². The zero-order valence-corrected chi connectivity index (χ0v) is 13.3. The van der Waals surface area contributed by atoms with Gasteiger partial charge in [-0.1, -0.05) is 20.8 Å². The van der Waals surface area contributed by atoms with Gasteiger partial charge in [0.15, 0.2) is 0 Å². The first-order valence-electron chi connectivity index (χ1n) is 7.14. The molecule has 2 aromatic rings. The van der Waals surface area contributed by atoms with Crippen LogP contribution in [0.25, 0.3) is 0 Å². The van der Waals surface area contributed by atoms with Crippen LogP contribution >= 0.6 is 0 Å². The average molecular weight is 329 g/mol. The molecule has 1 atom stereocenters. The van der Waals surface area contributed by atoms with Crippen LogP contribution in [0.15, 0.2) is 28.0 Å². The van der Waals surface area contributed by atoms with Gasteiger partial charge in [0, 0.05) is 11.1 Å². The van der Waals surface area contributed by atoms with E-state index in [9.17, 15) is 15.4 Å². The van der Waals surface area contributed by atoms with E-state index >= 15 is 0 Å². The first-order chi connectivity index (χ1) is 11.2. The molecular formula is C15H15N5O4. The number of nitrogens with two attached hydrogens (primary N) is 1. The number of aromatic nitrogens is 2. The molecule has 0 unspecified atom stereocenters. The average Bonchev–Trinajstić information content (AvgIpc) is 3.11. The number of furan rings is 1. The Morgan fingerprint density at radius 2 is 2.17 bits per heavy atom. The van der Waals surface area contributed by atoms with E-state index in [-0.39, 0.29) is 28.5 Å². The van der Waals surface area contributed by atoms with Crippen molar-refractivity contribution in [3.05, 3.63) is 50.7 Å². The Labute approximate surface area is 136 Å². The summed E-state index contributed by atoms with van der Waals surface area (Å²) >= 11 is 0. The van der Waals surface area contributed by atoms with E-state index < -0.39 is 16.7 Å². The van der Waals surface area contributed by atoms with Crippen LogP contribution < -0.4 is 10.5 Å². The smallest absolute Gasteiger partial charge is 0.420 e. The van der Waals surface area contributed by atoms with Crippen LogP contribution in [-0.2, 0) is 5.41 Å². The fraction of sp³-hybridized carbons (Fsp3) is 0.333. The van der Waals surface area contributed by atoms with E-state index in [1.54, 1.807) is 0 Å². The van der Waals surface area contributed by atoms with E-state index in [2.05, 4.69) is 10.2 Å². The van der Waals surface area contributed by atoms with Crippen molar-refractivity contribution < 1.29 is 14.1 Å². The number of allylic oxidation sites excluding steroid dienone is 1. The third-order valence-electron chi connectivity index (χ3n) is 3.77. The van der Waals surface area contributed by atoms with E-state index in [1.165, 1.54) is 12.1 Å². The first kappa shape index (κ1) is 15.6. The normalized spacial score (nSPS) is 17.2. The van der Waals surface area contributed by atoms with Crippen LogP contribution in [0.4, 0.5) is 5.88 Å². The molecule has 9 nitrogen and oxygen atoms in total. The van der Waals surface area contributed by atoms with Gasteiger partial charge in [-0.15, -0.1) is 5.10 Å². The molecule has 2 aromatic heterocycles. The maximum absolute atomic E-state index is 10.9. The third-order valence-corrected chi connectivity index (χ3v) is 3.77. The second-order valence-electron chi connectivity index (χ2n) is 6.43. The molecule has 1 aliphatic rings. The standard InChI is InChI=1S/C15H15N5O4/c1-15(2,3)12-11-10(8-4-5-9(23-8)20(21)22)7(6-16)13(17)24-14(11)19-18-12/h4-5,10H,17H2,1-3H3,(H,18,19)/t10-/m0/s1. The van der Waals surface area contributed by atoms with Crippen molar-refractivity contribution in [2.75, 3.05) is 0 Å². The number of nitrogens with zero attached hydrogens (tertiary/aromatic N) is 3. The lowest BCUT2D eigenvalue weighted by Gasteiger charge is -2.25. The molecule has 0 aliphatic carbocycles. The Bertz CT molecular complexity index is 894. The predicted molar refractivity (Wildman–Crippen MR) is 81.9 cm³/mol. The van der Waals surface area contributed by atoms with E-state index in [0.717, 1.165) is 5.69 Å². The van der Waals surface area contributed by atoms with Crippen molar-refractivity contribution >= 4 is 5.88 Å². The summed E-state index contributed by atoms with van der Waals surface area (Å²) in [5.41, 5.74) is 6.95. The van der Waals surface area contributed by atoms with Crippen molar-refractivity contribution in [3.8, 4) is 11.9 Å². The molecule has 3 heterocycles. The Kier molecular flexibility index (Phi) is 3.33. The molecule has 0 saturated heterocycles. The van der Waals surface area contributed by atoms with Crippen molar-refractivity contribution in [3.63, 3.8) is 0 Å². The number of nitriles is 1. The summed E-state index contributed by atoms with van der Waals surface area (Å²) in [7, 11) is 0. The lowest BCUT2D eigenvalue weighted by molar-refractivity contribution is -0.402. The predicted octanol–water partition coefficient (Wildman–Crippen LogP) is 2.43. The van der Waals surface area contributed by atoms with Gasteiger partial charge in [0.2, 0.25) is 11.8 Å². The van der Waals surface area contributed by atoms with Gasteiger partial charge in [0.25, 0.3) is 0 Å². The number of nitrogens with one attached hydrogen (secondary N) is 1. The SMILES string of the molecule is CC(C)(C)c1[nH]nc2c1[C@H](c1ccc([N+](=O)[O-])o1)C(C#N)=C(N)O2. The molecule has 124 valence electrons. The zero-order valence-electron chi connectivity index (χ0n) is 13.3. The summed E-state index contributed by atoms with van der Waals surface area (Å²) in [5.74, 6) is -0.755. The highest BCUT2D eigenvalue weighted by Gasteiger charge is 2.40. The second-order valence-corrected chi connectivity index (χ2v) is 6.43. The van der Waals surface area contributed by atoms with Crippen molar-refractivity contribution in [2.24, 2.45) is 5.73 Å². The number of rotatable bonds is 2. The molecular weight excluding hydrogens is 314 g/mol. The van der Waals surface area contributed by atoms with Crippen LogP contribution in [0.1, 0.15) is 43.7 Å². The molecule has 0 amide bonds. The van der Waals surface area contributed by atoms with Crippen LogP contribution in [0, 0.1) is 21.4 Å². The van der Waals surface area contributed by atoms with Gasteiger partial charge in [-0.05, 0) is 6.07 Å². The minimum atomic E-state index is -0.722. The van der Waals surface area contributed by atoms with Gasteiger partial charge in [-0.2, -0.15) is 5.26 Å². The molecule has 0 radical (unpaired) electrons. The van der Waals surface area contributed by atoms with Crippen molar-refractivity contribution in [2.45, 2.75) is 32.1 Å². The van der Waals surface area contributed by atoms with Gasteiger partial charge in [0.1, 0.15) is 22.3 Å². The quantitative estimate of drug-likeness (QED) is 0.635. The molecule has 24 heavy (non-hydrogen) atoms. The molecule has 1 aliphatic heterocycles. The summed E-state index contributed by atoms with van der Waals surface area (Å²) in [6.07, 6.45) is 0. The highest BCUT2D eigenvalue weighted by atomic mass is 16.6. The molecule has 0 bridgehead atoms. The van der Waals surface area contributed by atoms with Crippen LogP contribution in [0.2, 0.25) is 0 Å². The van der Waals surface area contributed by atoms with Crippen molar-refractivity contribution in [1.29, 1.82) is 5.26 Å². The highest BCUT2D eigenvalue weighted by Crippen LogP contribution is 2.46. The lowest BCUT2D eigenvalue weighted by Crippen LogP contribution is -2.23. The van der Waals surface area contributed by atoms with Gasteiger partial charge in [-0.25, -0.2) is 0 Å². The van der Waals surface area contributed by atoms with Crippen LogP contribution in [0.3, 0.4) is 0 Å².